The summed E-state index contributed by atoms with van der Waals surface area (Å²) in [5.41, 5.74) is 0.862. The van der Waals surface area contributed by atoms with Crippen LogP contribution in [0.1, 0.15) is 37.6 Å². The Morgan fingerprint density at radius 2 is 1.94 bits per heavy atom. The number of carbonyl (C=O) groups excluding carboxylic acids is 3. The lowest BCUT2D eigenvalue weighted by molar-refractivity contribution is -0.139. The highest BCUT2D eigenvalue weighted by Crippen LogP contribution is 2.26. The number of nitrogens with zero attached hydrogens (tertiary/aromatic N) is 2. The molecule has 1 aliphatic rings. The third kappa shape index (κ3) is 6.43. The number of rotatable bonds is 5. The molecule has 0 radical (unpaired) electrons. The molecular weight excluding hydrogens is 414 g/mol. The molecule has 1 aromatic rings. The van der Waals surface area contributed by atoms with Crippen LogP contribution in [0.3, 0.4) is 0 Å². The Hall–Kier alpha value is -2.65. The largest absolute Gasteiger partial charge is 0.491 e. The van der Waals surface area contributed by atoms with Gasteiger partial charge < -0.3 is 29.3 Å². The molecule has 3 atom stereocenters. The molecular formula is C23H35N3O6. The van der Waals surface area contributed by atoms with Crippen molar-refractivity contribution >= 4 is 23.4 Å². The summed E-state index contributed by atoms with van der Waals surface area (Å²) in [7, 11) is 4.79. The predicted molar refractivity (Wildman–Crippen MR) is 121 cm³/mol. The van der Waals surface area contributed by atoms with Gasteiger partial charge >= 0.3 is 0 Å². The second-order valence-corrected chi connectivity index (χ2v) is 8.19. The minimum atomic E-state index is -0.277. The van der Waals surface area contributed by atoms with E-state index in [1.165, 1.54) is 7.11 Å². The van der Waals surface area contributed by atoms with Gasteiger partial charge in [0.1, 0.15) is 19.0 Å². The standard InChI is InChI=1S/C23H35N3O6/c1-7-21(27)24-17-8-9-19-18(10-17)23(29)25(4)12-20(31-6)15(2)11-26(16(3)13-32-19)22(28)14-30-5/h8-10,15-16,20H,7,11-14H2,1-6H3,(H,24,27)/t15-,16+,20-/m1/s1. The fourth-order valence-corrected chi connectivity index (χ4v) is 3.66. The molecule has 1 heterocycles. The molecule has 9 heteroatoms. The Labute approximate surface area is 190 Å². The molecule has 0 saturated carbocycles. The van der Waals surface area contributed by atoms with Gasteiger partial charge in [-0.3, -0.25) is 14.4 Å². The van der Waals surface area contributed by atoms with Gasteiger partial charge in [-0.2, -0.15) is 0 Å². The van der Waals surface area contributed by atoms with Gasteiger partial charge in [-0.1, -0.05) is 13.8 Å². The second-order valence-electron chi connectivity index (χ2n) is 8.19. The molecule has 0 fully saturated rings. The van der Waals surface area contributed by atoms with E-state index in [2.05, 4.69) is 5.32 Å². The van der Waals surface area contributed by atoms with Gasteiger partial charge in [0.15, 0.2) is 0 Å². The van der Waals surface area contributed by atoms with E-state index in [1.807, 2.05) is 13.8 Å². The van der Waals surface area contributed by atoms with Crippen LogP contribution in [0.2, 0.25) is 0 Å². The van der Waals surface area contributed by atoms with Crippen LogP contribution >= 0.6 is 0 Å². The van der Waals surface area contributed by atoms with Gasteiger partial charge in [-0.15, -0.1) is 0 Å². The fraction of sp³-hybridized carbons (Fsp3) is 0.609. The summed E-state index contributed by atoms with van der Waals surface area (Å²) in [6.45, 7) is 6.61. The molecule has 3 amide bonds. The van der Waals surface area contributed by atoms with E-state index in [0.29, 0.717) is 36.5 Å². The molecule has 1 aromatic carbocycles. The van der Waals surface area contributed by atoms with Crippen molar-refractivity contribution in [3.63, 3.8) is 0 Å². The molecule has 2 rings (SSSR count). The van der Waals surface area contributed by atoms with Crippen molar-refractivity contribution in [2.75, 3.05) is 52.9 Å². The molecule has 0 unspecified atom stereocenters. The van der Waals surface area contributed by atoms with Crippen LogP contribution in [0.15, 0.2) is 18.2 Å². The fourth-order valence-electron chi connectivity index (χ4n) is 3.66. The Morgan fingerprint density at radius 1 is 1.22 bits per heavy atom. The number of likely N-dealkylation sites (N-methyl/N-ethyl adjacent to an activating group) is 1. The molecule has 32 heavy (non-hydrogen) atoms. The summed E-state index contributed by atoms with van der Waals surface area (Å²) in [5, 5.41) is 2.78. The highest BCUT2D eigenvalue weighted by atomic mass is 16.5. The zero-order valence-electron chi connectivity index (χ0n) is 19.8. The van der Waals surface area contributed by atoms with E-state index < -0.39 is 0 Å². The lowest BCUT2D eigenvalue weighted by Gasteiger charge is -2.36. The first-order valence-electron chi connectivity index (χ1n) is 10.8. The highest BCUT2D eigenvalue weighted by Gasteiger charge is 2.30. The number of benzene rings is 1. The Balaban J connectivity index is 2.44. The molecule has 9 nitrogen and oxygen atoms in total. The van der Waals surface area contributed by atoms with Crippen LogP contribution in [0.5, 0.6) is 5.75 Å². The van der Waals surface area contributed by atoms with E-state index in [0.717, 1.165) is 0 Å². The maximum atomic E-state index is 13.3. The van der Waals surface area contributed by atoms with Gasteiger partial charge in [0.2, 0.25) is 11.8 Å². The molecule has 178 valence electrons. The Bertz CT molecular complexity index is 815. The van der Waals surface area contributed by atoms with Crippen LogP contribution in [0, 0.1) is 5.92 Å². The van der Waals surface area contributed by atoms with Crippen LogP contribution in [-0.2, 0) is 19.1 Å². The summed E-state index contributed by atoms with van der Waals surface area (Å²) < 4.78 is 16.7. The van der Waals surface area contributed by atoms with Crippen molar-refractivity contribution < 1.29 is 28.6 Å². The van der Waals surface area contributed by atoms with E-state index in [-0.39, 0.29) is 49.0 Å². The summed E-state index contributed by atoms with van der Waals surface area (Å²) in [6.07, 6.45) is 0.0540. The Morgan fingerprint density at radius 3 is 2.56 bits per heavy atom. The normalized spacial score (nSPS) is 22.3. The molecule has 0 saturated heterocycles. The molecule has 0 bridgehead atoms. The average Bonchev–Trinajstić information content (AvgIpc) is 2.78. The molecule has 1 N–H and O–H groups in total. The third-order valence-corrected chi connectivity index (χ3v) is 5.64. The maximum absolute atomic E-state index is 13.3. The lowest BCUT2D eigenvalue weighted by atomic mass is 10.0. The molecule has 0 spiro atoms. The van der Waals surface area contributed by atoms with Crippen LogP contribution < -0.4 is 10.1 Å². The smallest absolute Gasteiger partial charge is 0.257 e. The summed E-state index contributed by atoms with van der Waals surface area (Å²) in [4.78, 5) is 41.1. The van der Waals surface area contributed by atoms with Gasteiger partial charge in [0.05, 0.1) is 17.7 Å². The zero-order chi connectivity index (χ0) is 23.8. The van der Waals surface area contributed by atoms with Crippen LogP contribution in [0.4, 0.5) is 5.69 Å². The third-order valence-electron chi connectivity index (χ3n) is 5.64. The first-order chi connectivity index (χ1) is 15.2. The number of fused-ring (bicyclic) bond motifs is 1. The van der Waals surface area contributed by atoms with Gasteiger partial charge in [0.25, 0.3) is 5.91 Å². The first-order valence-corrected chi connectivity index (χ1v) is 10.8. The minimum absolute atomic E-state index is 0.0236. The van der Waals surface area contributed by atoms with Gasteiger partial charge in [0, 0.05) is 52.4 Å². The zero-order valence-corrected chi connectivity index (χ0v) is 19.8. The number of carbonyl (C=O) groups is 3. The summed E-state index contributed by atoms with van der Waals surface area (Å²) in [6, 6.07) is 4.74. The lowest BCUT2D eigenvalue weighted by Crippen LogP contribution is -2.49. The van der Waals surface area contributed by atoms with Gasteiger partial charge in [-0.05, 0) is 25.1 Å². The topological polar surface area (TPSA) is 97.4 Å². The molecule has 0 aliphatic carbocycles. The second kappa shape index (κ2) is 11.8. The van der Waals surface area contributed by atoms with Crippen molar-refractivity contribution in [3.8, 4) is 5.75 Å². The number of amides is 3. The monoisotopic (exact) mass is 449 g/mol. The van der Waals surface area contributed by atoms with E-state index in [9.17, 15) is 14.4 Å². The van der Waals surface area contributed by atoms with Crippen molar-refractivity contribution in [2.24, 2.45) is 5.92 Å². The SMILES string of the molecule is CCC(=O)Nc1ccc2c(c1)C(=O)N(C)C[C@@H](OC)[C@H](C)CN(C(=O)COC)[C@@H](C)CO2. The number of ether oxygens (including phenoxy) is 3. The van der Waals surface area contributed by atoms with Crippen molar-refractivity contribution in [2.45, 2.75) is 39.3 Å². The highest BCUT2D eigenvalue weighted by molar-refractivity contribution is 5.99. The summed E-state index contributed by atoms with van der Waals surface area (Å²) in [5.74, 6) is -0.154. The van der Waals surface area contributed by atoms with E-state index in [4.69, 9.17) is 14.2 Å². The summed E-state index contributed by atoms with van der Waals surface area (Å²) >= 11 is 0. The van der Waals surface area contributed by atoms with E-state index in [1.54, 1.807) is 49.1 Å². The van der Waals surface area contributed by atoms with Crippen molar-refractivity contribution in [1.29, 1.82) is 0 Å². The average molecular weight is 450 g/mol. The molecule has 0 aromatic heterocycles. The molecule has 1 aliphatic heterocycles. The Kier molecular flexibility index (Phi) is 9.46. The quantitative estimate of drug-likeness (QED) is 0.739. The van der Waals surface area contributed by atoms with Crippen molar-refractivity contribution in [3.05, 3.63) is 23.8 Å². The number of methoxy groups -OCH3 is 2. The maximum Gasteiger partial charge on any atom is 0.257 e. The minimum Gasteiger partial charge on any atom is -0.491 e. The van der Waals surface area contributed by atoms with Gasteiger partial charge in [-0.25, -0.2) is 0 Å². The first kappa shape index (κ1) is 25.6. The van der Waals surface area contributed by atoms with Crippen LogP contribution in [0.25, 0.3) is 0 Å². The number of nitrogens with one attached hydrogen (secondary N) is 1. The van der Waals surface area contributed by atoms with E-state index >= 15 is 0 Å². The number of anilines is 1. The predicted octanol–water partition coefficient (Wildman–Crippen LogP) is 2.01. The number of hydrogen-bond donors (Lipinski definition) is 1. The van der Waals surface area contributed by atoms with Crippen molar-refractivity contribution in [1.82, 2.24) is 9.80 Å². The number of hydrogen-bond acceptors (Lipinski definition) is 6. The van der Waals surface area contributed by atoms with Crippen LogP contribution in [-0.4, -0.2) is 87.2 Å².